The minimum absolute atomic E-state index is 0.0860. The van der Waals surface area contributed by atoms with Gasteiger partial charge in [-0.1, -0.05) is 26.2 Å². The van der Waals surface area contributed by atoms with E-state index in [1.165, 1.54) is 6.42 Å². The molecule has 0 aromatic heterocycles. The van der Waals surface area contributed by atoms with E-state index in [-0.39, 0.29) is 23.4 Å². The topological polar surface area (TPSA) is 60.9 Å². The van der Waals surface area contributed by atoms with E-state index in [2.05, 4.69) is 0 Å². The molecule has 1 unspecified atom stereocenters. The van der Waals surface area contributed by atoms with E-state index in [1.54, 1.807) is 0 Å². The molecule has 2 saturated heterocycles. The molecule has 3 fully saturated rings. The zero-order valence-corrected chi connectivity index (χ0v) is 12.9. The standard InChI is InChI=1S/C16H26N2O3/c1-2-13(19)17-10-6-12(7-11-17)18-15(21)14(20)16(18)8-4-3-5-9-16/h12,14,20H,2-11H2,1H3. The largest absolute Gasteiger partial charge is 0.381 e. The van der Waals surface area contributed by atoms with Gasteiger partial charge in [-0.2, -0.15) is 0 Å². The SMILES string of the molecule is CCC(=O)N1CCC(N2C(=O)C(O)C23CCCCC3)CC1. The highest BCUT2D eigenvalue weighted by atomic mass is 16.3. The second-order valence-electron chi connectivity index (χ2n) is 6.74. The molecule has 0 aromatic carbocycles. The second-order valence-corrected chi connectivity index (χ2v) is 6.74. The number of piperidine rings is 1. The van der Waals surface area contributed by atoms with E-state index in [9.17, 15) is 14.7 Å². The summed E-state index contributed by atoms with van der Waals surface area (Å²) in [7, 11) is 0. The van der Waals surface area contributed by atoms with Crippen LogP contribution in [0.1, 0.15) is 58.3 Å². The first-order valence-electron chi connectivity index (χ1n) is 8.39. The van der Waals surface area contributed by atoms with Crippen LogP contribution in [-0.2, 0) is 9.59 Å². The monoisotopic (exact) mass is 294 g/mol. The Morgan fingerprint density at radius 2 is 1.86 bits per heavy atom. The summed E-state index contributed by atoms with van der Waals surface area (Å²) < 4.78 is 0. The van der Waals surface area contributed by atoms with E-state index in [1.807, 2.05) is 16.7 Å². The van der Waals surface area contributed by atoms with Gasteiger partial charge in [0.25, 0.3) is 5.91 Å². The molecular formula is C16H26N2O3. The number of carbonyl (C=O) groups is 2. The van der Waals surface area contributed by atoms with E-state index in [0.29, 0.717) is 6.42 Å². The maximum Gasteiger partial charge on any atom is 0.254 e. The molecule has 1 spiro atoms. The maximum absolute atomic E-state index is 12.2. The van der Waals surface area contributed by atoms with Gasteiger partial charge in [-0.3, -0.25) is 9.59 Å². The number of nitrogens with zero attached hydrogens (tertiary/aromatic N) is 2. The van der Waals surface area contributed by atoms with Gasteiger partial charge < -0.3 is 14.9 Å². The predicted octanol–water partition coefficient (Wildman–Crippen LogP) is 1.29. The summed E-state index contributed by atoms with van der Waals surface area (Å²) in [6.45, 7) is 3.38. The van der Waals surface area contributed by atoms with Crippen LogP contribution in [0, 0.1) is 0 Å². The molecule has 0 aromatic rings. The molecule has 118 valence electrons. The van der Waals surface area contributed by atoms with Crippen LogP contribution in [0.4, 0.5) is 0 Å². The summed E-state index contributed by atoms with van der Waals surface area (Å²) in [4.78, 5) is 27.8. The maximum atomic E-state index is 12.2. The van der Waals surface area contributed by atoms with E-state index >= 15 is 0 Å². The molecule has 2 amide bonds. The fraction of sp³-hybridized carbons (Fsp3) is 0.875. The summed E-state index contributed by atoms with van der Waals surface area (Å²) in [5.41, 5.74) is -0.281. The fourth-order valence-electron chi connectivity index (χ4n) is 4.47. The van der Waals surface area contributed by atoms with Gasteiger partial charge in [-0.25, -0.2) is 0 Å². The lowest BCUT2D eigenvalue weighted by molar-refractivity contribution is -0.201. The van der Waals surface area contributed by atoms with Gasteiger partial charge in [0.15, 0.2) is 6.10 Å². The molecule has 2 aliphatic heterocycles. The van der Waals surface area contributed by atoms with Crippen LogP contribution < -0.4 is 0 Å². The molecule has 1 saturated carbocycles. The molecule has 3 rings (SSSR count). The average Bonchev–Trinajstić information content (AvgIpc) is 2.55. The number of aliphatic hydroxyl groups excluding tert-OH is 1. The number of hydrogen-bond donors (Lipinski definition) is 1. The van der Waals surface area contributed by atoms with Crippen molar-refractivity contribution < 1.29 is 14.7 Å². The summed E-state index contributed by atoms with van der Waals surface area (Å²) in [6, 6.07) is 0.208. The first-order chi connectivity index (χ1) is 10.1. The number of amides is 2. The first kappa shape index (κ1) is 14.8. The lowest BCUT2D eigenvalue weighted by atomic mass is 9.68. The van der Waals surface area contributed by atoms with Crippen LogP contribution >= 0.6 is 0 Å². The third-order valence-corrected chi connectivity index (χ3v) is 5.66. The number of carbonyl (C=O) groups excluding carboxylic acids is 2. The highest BCUT2D eigenvalue weighted by molar-refractivity contribution is 5.90. The summed E-state index contributed by atoms with van der Waals surface area (Å²) in [5, 5.41) is 10.2. The highest BCUT2D eigenvalue weighted by Gasteiger charge is 2.61. The Bertz CT molecular complexity index is 423. The molecule has 0 bridgehead atoms. The quantitative estimate of drug-likeness (QED) is 0.781. The Morgan fingerprint density at radius 3 is 2.43 bits per heavy atom. The molecule has 5 nitrogen and oxygen atoms in total. The lowest BCUT2D eigenvalue weighted by Gasteiger charge is -2.61. The average molecular weight is 294 g/mol. The van der Waals surface area contributed by atoms with Gasteiger partial charge in [0.1, 0.15) is 0 Å². The number of hydrogen-bond acceptors (Lipinski definition) is 3. The Balaban J connectivity index is 1.67. The Kier molecular flexibility index (Phi) is 3.95. The van der Waals surface area contributed by atoms with Crippen molar-refractivity contribution in [3.05, 3.63) is 0 Å². The minimum atomic E-state index is -0.784. The minimum Gasteiger partial charge on any atom is -0.381 e. The van der Waals surface area contributed by atoms with Gasteiger partial charge in [-0.05, 0) is 25.7 Å². The third-order valence-electron chi connectivity index (χ3n) is 5.66. The third kappa shape index (κ3) is 2.26. The van der Waals surface area contributed by atoms with E-state index in [4.69, 9.17) is 0 Å². The van der Waals surface area contributed by atoms with Crippen LogP contribution in [0.5, 0.6) is 0 Å². The van der Waals surface area contributed by atoms with Crippen molar-refractivity contribution in [2.75, 3.05) is 13.1 Å². The van der Waals surface area contributed by atoms with Gasteiger partial charge >= 0.3 is 0 Å². The number of β-lactam (4-membered cyclic amide) rings is 1. The summed E-state index contributed by atoms with van der Waals surface area (Å²) in [5.74, 6) is 0.118. The normalized spacial score (nSPS) is 29.6. The van der Waals surface area contributed by atoms with Crippen molar-refractivity contribution in [1.29, 1.82) is 0 Å². The van der Waals surface area contributed by atoms with Gasteiger partial charge in [0.2, 0.25) is 5.91 Å². The van der Waals surface area contributed by atoms with Crippen LogP contribution in [0.15, 0.2) is 0 Å². The van der Waals surface area contributed by atoms with Crippen LogP contribution in [-0.4, -0.2) is 57.5 Å². The Labute approximate surface area is 126 Å². The van der Waals surface area contributed by atoms with Gasteiger partial charge in [0.05, 0.1) is 5.54 Å². The Morgan fingerprint density at radius 1 is 1.24 bits per heavy atom. The summed E-state index contributed by atoms with van der Waals surface area (Å²) >= 11 is 0. The van der Waals surface area contributed by atoms with Crippen molar-refractivity contribution in [3.63, 3.8) is 0 Å². The molecule has 21 heavy (non-hydrogen) atoms. The second kappa shape index (κ2) is 5.59. The van der Waals surface area contributed by atoms with Crippen molar-refractivity contribution >= 4 is 11.8 Å². The van der Waals surface area contributed by atoms with E-state index in [0.717, 1.165) is 51.6 Å². The van der Waals surface area contributed by atoms with Crippen molar-refractivity contribution in [2.24, 2.45) is 0 Å². The number of aliphatic hydroxyl groups is 1. The number of likely N-dealkylation sites (tertiary alicyclic amines) is 2. The highest BCUT2D eigenvalue weighted by Crippen LogP contribution is 2.46. The summed E-state index contributed by atoms with van der Waals surface area (Å²) in [6.07, 6.45) is 6.77. The zero-order valence-electron chi connectivity index (χ0n) is 12.9. The van der Waals surface area contributed by atoms with Crippen molar-refractivity contribution in [2.45, 2.75) is 76.0 Å². The first-order valence-corrected chi connectivity index (χ1v) is 8.39. The molecular weight excluding hydrogens is 268 g/mol. The van der Waals surface area contributed by atoms with Crippen molar-refractivity contribution in [3.8, 4) is 0 Å². The fourth-order valence-corrected chi connectivity index (χ4v) is 4.47. The molecule has 2 heterocycles. The van der Waals surface area contributed by atoms with Crippen LogP contribution in [0.3, 0.4) is 0 Å². The Hall–Kier alpha value is -1.10. The molecule has 1 N–H and O–H groups in total. The molecule has 5 heteroatoms. The molecule has 3 aliphatic rings. The zero-order chi connectivity index (χ0) is 15.0. The number of rotatable bonds is 2. The van der Waals surface area contributed by atoms with Gasteiger partial charge in [0, 0.05) is 25.6 Å². The molecule has 0 radical (unpaired) electrons. The smallest absolute Gasteiger partial charge is 0.254 e. The van der Waals surface area contributed by atoms with Crippen LogP contribution in [0.2, 0.25) is 0 Å². The predicted molar refractivity (Wildman–Crippen MR) is 78.6 cm³/mol. The molecule has 1 aliphatic carbocycles. The molecule has 1 atom stereocenters. The van der Waals surface area contributed by atoms with E-state index < -0.39 is 6.10 Å². The van der Waals surface area contributed by atoms with Crippen LogP contribution in [0.25, 0.3) is 0 Å². The van der Waals surface area contributed by atoms with Crippen molar-refractivity contribution in [1.82, 2.24) is 9.80 Å². The lowest BCUT2D eigenvalue weighted by Crippen LogP contribution is -2.77. The van der Waals surface area contributed by atoms with Gasteiger partial charge in [-0.15, -0.1) is 0 Å².